The molecule has 0 N–H and O–H groups in total. The molecule has 80 valence electrons. The summed E-state index contributed by atoms with van der Waals surface area (Å²) in [5.74, 6) is 0. The van der Waals surface area contributed by atoms with Crippen molar-refractivity contribution in [3.63, 3.8) is 0 Å². The van der Waals surface area contributed by atoms with Crippen LogP contribution in [0.3, 0.4) is 0 Å². The lowest BCUT2D eigenvalue weighted by Crippen LogP contribution is -1.80. The quantitative estimate of drug-likeness (QED) is 0.706. The normalized spacial score (nSPS) is 11.1. The van der Waals surface area contributed by atoms with Crippen molar-refractivity contribution in [2.75, 3.05) is 0 Å². The van der Waals surface area contributed by atoms with Crippen LogP contribution in [-0.2, 0) is 0 Å². The van der Waals surface area contributed by atoms with Crippen LogP contribution in [0.4, 0.5) is 0 Å². The van der Waals surface area contributed by atoms with Gasteiger partial charge in [0.15, 0.2) is 0 Å². The number of allylic oxidation sites excluding steroid dienone is 2. The number of nitrogens with zero attached hydrogens (tertiary/aromatic N) is 1. The molecule has 1 nitrogen and oxygen atoms in total. The average molecular weight is 227 g/mol. The van der Waals surface area contributed by atoms with Gasteiger partial charge in [-0.15, -0.1) is 11.3 Å². The molecule has 1 heterocycles. The fraction of sp³-hybridized carbons (Fsp3) is 0.0714. The van der Waals surface area contributed by atoms with Gasteiger partial charge in [-0.2, -0.15) is 0 Å². The zero-order chi connectivity index (χ0) is 11.5. The van der Waals surface area contributed by atoms with Crippen molar-refractivity contribution in [3.8, 4) is 0 Å². The van der Waals surface area contributed by atoms with Crippen LogP contribution in [-0.4, -0.2) is 4.98 Å². The van der Waals surface area contributed by atoms with Crippen LogP contribution < -0.4 is 0 Å². The maximum absolute atomic E-state index is 4.48. The van der Waals surface area contributed by atoms with Crippen LogP contribution >= 0.6 is 11.3 Å². The highest BCUT2D eigenvalue weighted by molar-refractivity contribution is 7.18. The lowest BCUT2D eigenvalue weighted by Gasteiger charge is -2.00. The fourth-order valence-corrected chi connectivity index (χ4v) is 2.47. The third-order valence-corrected chi connectivity index (χ3v) is 3.27. The smallest absolute Gasteiger partial charge is 0.0907 e. The van der Waals surface area contributed by atoms with Gasteiger partial charge in [0.1, 0.15) is 0 Å². The highest BCUT2D eigenvalue weighted by Gasteiger charge is 2.04. The zero-order valence-corrected chi connectivity index (χ0v) is 10.1. The summed E-state index contributed by atoms with van der Waals surface area (Å²) in [5.41, 5.74) is 3.32. The minimum Gasteiger partial charge on any atom is -0.241 e. The Morgan fingerprint density at radius 1 is 1.25 bits per heavy atom. The first-order valence-corrected chi connectivity index (χ1v) is 5.89. The SMILES string of the molecule is C=C/C=C\c1cc2nc(C)sc2cc1C=C. The van der Waals surface area contributed by atoms with E-state index in [4.69, 9.17) is 0 Å². The largest absolute Gasteiger partial charge is 0.241 e. The van der Waals surface area contributed by atoms with E-state index in [1.54, 1.807) is 17.4 Å². The average Bonchev–Trinajstić information content (AvgIpc) is 2.63. The van der Waals surface area contributed by atoms with E-state index < -0.39 is 0 Å². The van der Waals surface area contributed by atoms with Crippen molar-refractivity contribution < 1.29 is 0 Å². The van der Waals surface area contributed by atoms with Gasteiger partial charge in [-0.25, -0.2) is 4.98 Å². The molecule has 0 saturated carbocycles. The molecular formula is C14H13NS. The van der Waals surface area contributed by atoms with E-state index >= 15 is 0 Å². The van der Waals surface area contributed by atoms with Gasteiger partial charge >= 0.3 is 0 Å². The van der Waals surface area contributed by atoms with Crippen LogP contribution in [0.5, 0.6) is 0 Å². The third kappa shape index (κ3) is 1.97. The number of thiazole rings is 1. The molecule has 0 spiro atoms. The molecule has 0 atom stereocenters. The van der Waals surface area contributed by atoms with E-state index in [9.17, 15) is 0 Å². The van der Waals surface area contributed by atoms with E-state index in [-0.39, 0.29) is 0 Å². The molecule has 0 fully saturated rings. The Kier molecular flexibility index (Phi) is 3.02. The molecule has 16 heavy (non-hydrogen) atoms. The molecule has 0 bridgehead atoms. The topological polar surface area (TPSA) is 12.9 Å². The number of rotatable bonds is 3. The first-order chi connectivity index (χ1) is 7.74. The van der Waals surface area contributed by atoms with Crippen LogP contribution in [0.1, 0.15) is 16.1 Å². The predicted molar refractivity (Wildman–Crippen MR) is 73.7 cm³/mol. The molecule has 0 aliphatic rings. The summed E-state index contributed by atoms with van der Waals surface area (Å²) in [4.78, 5) is 4.48. The van der Waals surface area contributed by atoms with Gasteiger partial charge in [0, 0.05) is 0 Å². The van der Waals surface area contributed by atoms with Gasteiger partial charge in [-0.3, -0.25) is 0 Å². The van der Waals surface area contributed by atoms with Crippen LogP contribution in [0.25, 0.3) is 22.4 Å². The van der Waals surface area contributed by atoms with Gasteiger partial charge in [0.2, 0.25) is 0 Å². The Balaban J connectivity index is 2.65. The van der Waals surface area contributed by atoms with Crippen molar-refractivity contribution in [1.82, 2.24) is 4.98 Å². The van der Waals surface area contributed by atoms with Gasteiger partial charge in [-0.05, 0) is 30.2 Å². The summed E-state index contributed by atoms with van der Waals surface area (Å²) in [6.45, 7) is 9.53. The molecule has 0 saturated heterocycles. The minimum absolute atomic E-state index is 1.05. The molecule has 1 aromatic heterocycles. The first kappa shape index (κ1) is 10.8. The molecule has 1 aromatic carbocycles. The molecule has 0 aliphatic heterocycles. The summed E-state index contributed by atoms with van der Waals surface area (Å²) in [5, 5.41) is 1.09. The van der Waals surface area contributed by atoms with E-state index in [2.05, 4.69) is 30.3 Å². The Morgan fingerprint density at radius 2 is 2.06 bits per heavy atom. The number of aromatic nitrogens is 1. The van der Waals surface area contributed by atoms with Crippen molar-refractivity contribution in [3.05, 3.63) is 53.6 Å². The highest BCUT2D eigenvalue weighted by Crippen LogP contribution is 2.26. The second-order valence-corrected chi connectivity index (χ2v) is 4.72. The van der Waals surface area contributed by atoms with Gasteiger partial charge in [-0.1, -0.05) is 37.5 Å². The zero-order valence-electron chi connectivity index (χ0n) is 9.23. The first-order valence-electron chi connectivity index (χ1n) is 5.07. The van der Waals surface area contributed by atoms with Crippen LogP contribution in [0, 0.1) is 6.92 Å². The Morgan fingerprint density at radius 3 is 2.75 bits per heavy atom. The number of benzene rings is 1. The minimum atomic E-state index is 1.05. The number of hydrogen-bond donors (Lipinski definition) is 0. The monoisotopic (exact) mass is 227 g/mol. The van der Waals surface area contributed by atoms with Crippen molar-refractivity contribution in [2.24, 2.45) is 0 Å². The standard InChI is InChI=1S/C14H13NS/c1-4-6-7-12-8-13-14(9-11(12)5-2)16-10(3)15-13/h4-9H,1-2H2,3H3/b7-6-. The third-order valence-electron chi connectivity index (χ3n) is 2.33. The fourth-order valence-electron chi connectivity index (χ4n) is 1.61. The summed E-state index contributed by atoms with van der Waals surface area (Å²) in [7, 11) is 0. The molecular weight excluding hydrogens is 214 g/mol. The Hall–Kier alpha value is -1.67. The Bertz CT molecular complexity index is 576. The summed E-state index contributed by atoms with van der Waals surface area (Å²) >= 11 is 1.71. The summed E-state index contributed by atoms with van der Waals surface area (Å²) < 4.78 is 1.21. The number of aryl methyl sites for hydroxylation is 1. The molecule has 2 rings (SSSR count). The van der Waals surface area contributed by atoms with Gasteiger partial charge in [0.25, 0.3) is 0 Å². The van der Waals surface area contributed by atoms with Crippen molar-refractivity contribution >= 4 is 33.7 Å². The van der Waals surface area contributed by atoms with Crippen LogP contribution in [0.2, 0.25) is 0 Å². The van der Waals surface area contributed by atoms with Crippen LogP contribution in [0.15, 0.2) is 37.4 Å². The second kappa shape index (κ2) is 4.45. The molecule has 2 aromatic rings. The number of hydrogen-bond acceptors (Lipinski definition) is 2. The van der Waals surface area contributed by atoms with Gasteiger partial charge in [0.05, 0.1) is 15.2 Å². The lowest BCUT2D eigenvalue weighted by molar-refractivity contribution is 1.34. The van der Waals surface area contributed by atoms with Gasteiger partial charge < -0.3 is 0 Å². The van der Waals surface area contributed by atoms with E-state index in [1.807, 2.05) is 25.2 Å². The maximum atomic E-state index is 4.48. The highest BCUT2D eigenvalue weighted by atomic mass is 32.1. The molecule has 0 aliphatic carbocycles. The molecule has 0 unspecified atom stereocenters. The lowest BCUT2D eigenvalue weighted by atomic mass is 10.1. The maximum Gasteiger partial charge on any atom is 0.0907 e. The summed E-state index contributed by atoms with van der Waals surface area (Å²) in [6.07, 6.45) is 7.59. The molecule has 2 heteroatoms. The molecule has 0 radical (unpaired) electrons. The van der Waals surface area contributed by atoms with Crippen molar-refractivity contribution in [2.45, 2.75) is 6.92 Å². The molecule has 0 amide bonds. The summed E-state index contributed by atoms with van der Waals surface area (Å²) in [6, 6.07) is 4.23. The van der Waals surface area contributed by atoms with E-state index in [0.29, 0.717) is 0 Å². The van der Waals surface area contributed by atoms with E-state index in [0.717, 1.165) is 21.7 Å². The van der Waals surface area contributed by atoms with Crippen molar-refractivity contribution in [1.29, 1.82) is 0 Å². The van der Waals surface area contributed by atoms with E-state index in [1.165, 1.54) is 4.70 Å². The predicted octanol–water partition coefficient (Wildman–Crippen LogP) is 4.45. The number of fused-ring (bicyclic) bond motifs is 1. The Labute approximate surface area is 99.5 Å². The second-order valence-electron chi connectivity index (χ2n) is 3.48.